The first-order chi connectivity index (χ1) is 21.0. The second-order valence-corrected chi connectivity index (χ2v) is 15.9. The van der Waals surface area contributed by atoms with E-state index in [1.165, 1.54) is 12.4 Å². The average molecular weight is 663 g/mol. The second-order valence-electron chi connectivity index (χ2n) is 13.7. The number of sulfonamides is 1. The number of aryl methyl sites for hydroxylation is 2. The molecule has 1 aromatic heterocycles. The van der Waals surface area contributed by atoms with Crippen LogP contribution in [0.4, 0.5) is 4.39 Å². The molecule has 4 aliphatic rings. The fraction of sp³-hybridized carbons (Fsp3) is 0.667. The van der Waals surface area contributed by atoms with Gasteiger partial charge in [-0.1, -0.05) is 12.1 Å². The van der Waals surface area contributed by atoms with E-state index in [2.05, 4.69) is 33.6 Å². The van der Waals surface area contributed by atoms with E-state index < -0.39 is 10.0 Å². The molecule has 0 radical (unpaired) electrons. The van der Waals surface area contributed by atoms with Crippen LogP contribution in [0.2, 0.25) is 0 Å². The Kier molecular flexibility index (Phi) is 10.3. The highest BCUT2D eigenvalue weighted by atomic mass is 35.5. The van der Waals surface area contributed by atoms with Crippen molar-refractivity contribution in [1.82, 2.24) is 29.0 Å². The maximum absolute atomic E-state index is 14.5. The smallest absolute Gasteiger partial charge is 0.257 e. The van der Waals surface area contributed by atoms with Crippen LogP contribution >= 0.6 is 12.4 Å². The lowest BCUT2D eigenvalue weighted by molar-refractivity contribution is -0.0422. The summed E-state index contributed by atoms with van der Waals surface area (Å²) in [6, 6.07) is 7.29. The Bertz CT molecular complexity index is 1450. The van der Waals surface area contributed by atoms with E-state index in [1.807, 2.05) is 24.8 Å². The van der Waals surface area contributed by atoms with E-state index in [0.29, 0.717) is 31.7 Å². The van der Waals surface area contributed by atoms with Crippen molar-refractivity contribution in [2.75, 3.05) is 45.8 Å². The van der Waals surface area contributed by atoms with Gasteiger partial charge in [0.1, 0.15) is 12.1 Å². The van der Waals surface area contributed by atoms with Crippen LogP contribution in [0.5, 0.6) is 0 Å². The van der Waals surface area contributed by atoms with Crippen LogP contribution in [0.1, 0.15) is 85.7 Å². The van der Waals surface area contributed by atoms with E-state index in [4.69, 9.17) is 0 Å². The minimum atomic E-state index is -3.18. The van der Waals surface area contributed by atoms with Crippen molar-refractivity contribution in [3.05, 3.63) is 58.9 Å². The molecule has 12 heteroatoms. The molecule has 1 aliphatic carbocycles. The number of benzene rings is 1. The van der Waals surface area contributed by atoms with Crippen molar-refractivity contribution >= 4 is 28.3 Å². The molecule has 4 heterocycles. The van der Waals surface area contributed by atoms with Crippen LogP contribution < -0.4 is 0 Å². The third-order valence-corrected chi connectivity index (χ3v) is 13.2. The van der Waals surface area contributed by atoms with Gasteiger partial charge in [-0.2, -0.15) is 0 Å². The number of nitrogens with zero attached hydrogens (tertiary/aromatic N) is 6. The van der Waals surface area contributed by atoms with Crippen LogP contribution in [-0.4, -0.2) is 106 Å². The lowest BCUT2D eigenvalue weighted by Crippen LogP contribution is -2.63. The highest BCUT2D eigenvalue weighted by Crippen LogP contribution is 2.41. The van der Waals surface area contributed by atoms with Crippen molar-refractivity contribution in [2.24, 2.45) is 5.92 Å². The number of carbonyl (C=O) groups is 1. The SMILES string of the molecule is Cc1ncnc(C)c1C(=O)N1CCC(C)(N2CCN([C@H](c3cccc(F)c3)C3CCN(S(=O)(=O)C4CC4)CC3)[C@H](C)C2)CC1.Cl. The summed E-state index contributed by atoms with van der Waals surface area (Å²) in [5, 5.41) is -0.182. The number of rotatable bonds is 7. The van der Waals surface area contributed by atoms with Crippen LogP contribution in [0.3, 0.4) is 0 Å². The number of halogens is 2. The summed E-state index contributed by atoms with van der Waals surface area (Å²) in [7, 11) is -3.18. The van der Waals surface area contributed by atoms with Gasteiger partial charge in [-0.3, -0.25) is 14.6 Å². The van der Waals surface area contributed by atoms with Gasteiger partial charge in [0.05, 0.1) is 22.2 Å². The first-order valence-electron chi connectivity index (χ1n) is 16.3. The van der Waals surface area contributed by atoms with Gasteiger partial charge in [0, 0.05) is 63.4 Å². The monoisotopic (exact) mass is 662 g/mol. The number of piperazine rings is 1. The summed E-state index contributed by atoms with van der Waals surface area (Å²) < 4.78 is 42.0. The predicted octanol–water partition coefficient (Wildman–Crippen LogP) is 4.60. The minimum Gasteiger partial charge on any atom is -0.338 e. The number of piperidine rings is 2. The summed E-state index contributed by atoms with van der Waals surface area (Å²) >= 11 is 0. The number of amides is 1. The van der Waals surface area contributed by atoms with Crippen molar-refractivity contribution in [3.63, 3.8) is 0 Å². The Balaban J connectivity index is 0.00000400. The summed E-state index contributed by atoms with van der Waals surface area (Å²) in [6.07, 6.45) is 6.45. The van der Waals surface area contributed by atoms with Crippen LogP contribution in [0.25, 0.3) is 0 Å². The normalized spacial score (nSPS) is 24.6. The number of aromatic nitrogens is 2. The Morgan fingerprint density at radius 3 is 2.20 bits per heavy atom. The molecule has 6 rings (SSSR count). The molecule has 2 atom stereocenters. The molecule has 0 unspecified atom stereocenters. The Morgan fingerprint density at radius 2 is 1.62 bits per heavy atom. The summed E-state index contributed by atoms with van der Waals surface area (Å²) in [4.78, 5) is 29.0. The van der Waals surface area contributed by atoms with Crippen molar-refractivity contribution in [2.45, 2.75) is 89.1 Å². The molecule has 2 aromatic rings. The van der Waals surface area contributed by atoms with Gasteiger partial charge in [-0.05, 0) is 89.8 Å². The van der Waals surface area contributed by atoms with Gasteiger partial charge >= 0.3 is 0 Å². The molecule has 0 N–H and O–H groups in total. The highest BCUT2D eigenvalue weighted by Gasteiger charge is 2.45. The minimum absolute atomic E-state index is 0. The van der Waals surface area contributed by atoms with E-state index in [1.54, 1.807) is 16.4 Å². The van der Waals surface area contributed by atoms with Gasteiger partial charge in [-0.15, -0.1) is 12.4 Å². The number of hydrogen-bond donors (Lipinski definition) is 0. The van der Waals surface area contributed by atoms with E-state index in [9.17, 15) is 17.6 Å². The average Bonchev–Trinajstić information content (AvgIpc) is 3.85. The molecule has 1 saturated carbocycles. The molecular weight excluding hydrogens is 615 g/mol. The van der Waals surface area contributed by atoms with Crippen molar-refractivity contribution in [3.8, 4) is 0 Å². The molecule has 1 aromatic carbocycles. The lowest BCUT2D eigenvalue weighted by atomic mass is 9.82. The van der Waals surface area contributed by atoms with Crippen LogP contribution in [-0.2, 0) is 10.0 Å². The predicted molar refractivity (Wildman–Crippen MR) is 175 cm³/mol. The molecule has 1 amide bonds. The molecule has 248 valence electrons. The zero-order valence-electron chi connectivity index (χ0n) is 27.0. The quantitative estimate of drug-likeness (QED) is 0.428. The Labute approximate surface area is 274 Å². The van der Waals surface area contributed by atoms with Crippen LogP contribution in [0, 0.1) is 25.6 Å². The standard InChI is InChI=1S/C33H47FN6O3S.ClH/c1-23-21-38(33(4)12-16-37(17-13-33)32(41)30-24(2)35-22-36-25(30)3)18-19-40(23)31(27-6-5-7-28(34)20-27)26-10-14-39(15-11-26)44(42,43)29-8-9-29;/h5-7,20,22-23,26,29,31H,8-19,21H2,1-4H3;1H/t23-,31+;/m1./s1. The third-order valence-electron chi connectivity index (χ3n) is 10.8. The lowest BCUT2D eigenvalue weighted by Gasteiger charge is -2.54. The second kappa shape index (κ2) is 13.5. The molecular formula is C33H48ClFN6O3S. The van der Waals surface area contributed by atoms with Gasteiger partial charge in [0.15, 0.2) is 0 Å². The molecule has 9 nitrogen and oxygen atoms in total. The fourth-order valence-electron chi connectivity index (χ4n) is 7.89. The first-order valence-corrected chi connectivity index (χ1v) is 17.8. The molecule has 45 heavy (non-hydrogen) atoms. The highest BCUT2D eigenvalue weighted by molar-refractivity contribution is 7.90. The first kappa shape index (κ1) is 34.2. The summed E-state index contributed by atoms with van der Waals surface area (Å²) in [5.74, 6) is 0.0544. The largest absolute Gasteiger partial charge is 0.338 e. The summed E-state index contributed by atoms with van der Waals surface area (Å²) in [5.41, 5.74) is 3.05. The van der Waals surface area contributed by atoms with Crippen LogP contribution in [0.15, 0.2) is 30.6 Å². The molecule has 3 saturated heterocycles. The van der Waals surface area contributed by atoms with Gasteiger partial charge in [0.2, 0.25) is 10.0 Å². The number of carbonyl (C=O) groups excluding carboxylic acids is 1. The number of hydrogen-bond acceptors (Lipinski definition) is 7. The summed E-state index contributed by atoms with van der Waals surface area (Å²) in [6.45, 7) is 13.5. The number of likely N-dealkylation sites (tertiary alicyclic amines) is 1. The van der Waals surface area contributed by atoms with E-state index in [0.717, 1.165) is 75.1 Å². The topological polar surface area (TPSA) is 90.0 Å². The van der Waals surface area contributed by atoms with Crippen molar-refractivity contribution in [1.29, 1.82) is 0 Å². The maximum atomic E-state index is 14.5. The van der Waals surface area contributed by atoms with Crippen molar-refractivity contribution < 1.29 is 17.6 Å². The fourth-order valence-corrected chi connectivity index (χ4v) is 9.76. The zero-order chi connectivity index (χ0) is 31.2. The molecule has 0 bridgehead atoms. The van der Waals surface area contributed by atoms with Gasteiger partial charge in [0.25, 0.3) is 5.91 Å². The Morgan fingerprint density at radius 1 is 0.978 bits per heavy atom. The maximum Gasteiger partial charge on any atom is 0.257 e. The van der Waals surface area contributed by atoms with Gasteiger partial charge in [-0.25, -0.2) is 27.1 Å². The van der Waals surface area contributed by atoms with E-state index >= 15 is 0 Å². The third kappa shape index (κ3) is 6.93. The van der Waals surface area contributed by atoms with Gasteiger partial charge < -0.3 is 4.90 Å². The van der Waals surface area contributed by atoms with E-state index in [-0.39, 0.29) is 52.9 Å². The Hall–Kier alpha value is -2.18. The zero-order valence-corrected chi connectivity index (χ0v) is 28.6. The molecule has 0 spiro atoms. The molecule has 3 aliphatic heterocycles. The molecule has 4 fully saturated rings.